The third kappa shape index (κ3) is 5.51. The fourth-order valence-corrected chi connectivity index (χ4v) is 4.77. The second-order valence-electron chi connectivity index (χ2n) is 9.55. The highest BCUT2D eigenvalue weighted by Crippen LogP contribution is 2.28. The van der Waals surface area contributed by atoms with Gasteiger partial charge in [-0.05, 0) is 74.4 Å². The Hall–Kier alpha value is -4.94. The number of nitriles is 1. The van der Waals surface area contributed by atoms with E-state index in [9.17, 15) is 14.9 Å². The Morgan fingerprint density at radius 3 is 2.54 bits per heavy atom. The van der Waals surface area contributed by atoms with E-state index in [1.54, 1.807) is 55.0 Å². The zero-order valence-corrected chi connectivity index (χ0v) is 22.3. The van der Waals surface area contributed by atoms with Crippen LogP contribution in [0.5, 0.6) is 0 Å². The summed E-state index contributed by atoms with van der Waals surface area (Å²) in [5, 5.41) is 15.3. The maximum absolute atomic E-state index is 13.1. The van der Waals surface area contributed by atoms with E-state index in [-0.39, 0.29) is 11.8 Å². The van der Waals surface area contributed by atoms with Gasteiger partial charge in [-0.1, -0.05) is 18.2 Å². The molecule has 0 unspecified atom stereocenters. The third-order valence-corrected chi connectivity index (χ3v) is 7.34. The zero-order chi connectivity index (χ0) is 27.6. The standard InChI is InChI=1S/C30H24N6O2S/c1-18-7-8-22(34-27(37)20-5-4-6-21(13-20)30(2,3)17-31)14-23(18)36-28(38)26-15-24-29(39-26)33-16-25(35-24)19-9-11-32-12-10-19/h4-16H,1-3H3,(H,34,37)(H,36,38). The molecule has 39 heavy (non-hydrogen) atoms. The number of amides is 2. The molecule has 0 radical (unpaired) electrons. The van der Waals surface area contributed by atoms with Gasteiger partial charge >= 0.3 is 0 Å². The van der Waals surface area contributed by atoms with Crippen LogP contribution in [0.15, 0.2) is 79.3 Å². The summed E-state index contributed by atoms with van der Waals surface area (Å²) in [5.41, 5.74) is 4.68. The van der Waals surface area contributed by atoms with E-state index in [4.69, 9.17) is 0 Å². The first kappa shape index (κ1) is 25.7. The smallest absolute Gasteiger partial charge is 0.265 e. The van der Waals surface area contributed by atoms with Crippen molar-refractivity contribution in [3.05, 3.63) is 101 Å². The van der Waals surface area contributed by atoms with E-state index in [1.165, 1.54) is 11.3 Å². The van der Waals surface area contributed by atoms with Gasteiger partial charge in [-0.15, -0.1) is 11.3 Å². The molecule has 5 rings (SSSR count). The van der Waals surface area contributed by atoms with Crippen LogP contribution in [0, 0.1) is 18.3 Å². The van der Waals surface area contributed by atoms with Crippen molar-refractivity contribution < 1.29 is 9.59 Å². The van der Waals surface area contributed by atoms with Crippen LogP contribution in [0.25, 0.3) is 21.6 Å². The highest BCUT2D eigenvalue weighted by molar-refractivity contribution is 7.20. The van der Waals surface area contributed by atoms with Crippen LogP contribution in [0.4, 0.5) is 11.4 Å². The molecule has 192 valence electrons. The molecule has 0 fully saturated rings. The summed E-state index contributed by atoms with van der Waals surface area (Å²) in [5.74, 6) is -0.596. The van der Waals surface area contributed by atoms with Crippen LogP contribution in [-0.4, -0.2) is 26.8 Å². The summed E-state index contributed by atoms with van der Waals surface area (Å²) in [6.45, 7) is 5.49. The highest BCUT2D eigenvalue weighted by Gasteiger charge is 2.21. The van der Waals surface area contributed by atoms with Crippen molar-refractivity contribution in [2.45, 2.75) is 26.2 Å². The van der Waals surface area contributed by atoms with Crippen LogP contribution in [-0.2, 0) is 5.41 Å². The number of aromatic nitrogens is 3. The number of fused-ring (bicyclic) bond motifs is 1. The molecule has 3 aromatic heterocycles. The molecule has 0 spiro atoms. The molecule has 0 saturated carbocycles. The number of hydrogen-bond donors (Lipinski definition) is 2. The van der Waals surface area contributed by atoms with Gasteiger partial charge in [-0.25, -0.2) is 9.97 Å². The second kappa shape index (κ2) is 10.4. The maximum Gasteiger partial charge on any atom is 0.265 e. The van der Waals surface area contributed by atoms with Gasteiger partial charge in [0, 0.05) is 34.9 Å². The van der Waals surface area contributed by atoms with Crippen molar-refractivity contribution in [3.8, 4) is 17.3 Å². The van der Waals surface area contributed by atoms with Crippen molar-refractivity contribution in [1.82, 2.24) is 15.0 Å². The van der Waals surface area contributed by atoms with Crippen molar-refractivity contribution in [2.75, 3.05) is 10.6 Å². The van der Waals surface area contributed by atoms with Crippen molar-refractivity contribution in [2.24, 2.45) is 0 Å². The summed E-state index contributed by atoms with van der Waals surface area (Å²) in [7, 11) is 0. The Morgan fingerprint density at radius 1 is 0.974 bits per heavy atom. The predicted octanol–water partition coefficient (Wildman–Crippen LogP) is 6.37. The van der Waals surface area contributed by atoms with Crippen LogP contribution < -0.4 is 10.6 Å². The number of pyridine rings is 1. The number of carbonyl (C=O) groups excluding carboxylic acids is 2. The zero-order valence-electron chi connectivity index (χ0n) is 21.5. The quantitative estimate of drug-likeness (QED) is 0.262. The molecular formula is C30H24N6O2S. The fraction of sp³-hybridized carbons (Fsp3) is 0.133. The first-order valence-electron chi connectivity index (χ1n) is 12.2. The monoisotopic (exact) mass is 532 g/mol. The Labute approximate surface area is 229 Å². The molecule has 0 bridgehead atoms. The van der Waals surface area contributed by atoms with Crippen molar-refractivity contribution in [1.29, 1.82) is 5.26 Å². The minimum absolute atomic E-state index is 0.289. The van der Waals surface area contributed by atoms with E-state index >= 15 is 0 Å². The number of rotatable bonds is 6. The molecule has 2 amide bonds. The van der Waals surface area contributed by atoms with Crippen LogP contribution >= 0.6 is 11.3 Å². The summed E-state index contributed by atoms with van der Waals surface area (Å²) in [6.07, 6.45) is 5.07. The summed E-state index contributed by atoms with van der Waals surface area (Å²) >= 11 is 1.26. The number of nitrogens with zero attached hydrogens (tertiary/aromatic N) is 4. The first-order valence-corrected chi connectivity index (χ1v) is 13.0. The second-order valence-corrected chi connectivity index (χ2v) is 10.6. The number of anilines is 2. The first-order chi connectivity index (χ1) is 18.7. The Bertz CT molecular complexity index is 1750. The van der Waals surface area contributed by atoms with Gasteiger partial charge in [0.2, 0.25) is 0 Å². The van der Waals surface area contributed by atoms with Gasteiger partial charge in [-0.2, -0.15) is 5.26 Å². The fourth-order valence-electron chi connectivity index (χ4n) is 3.93. The molecule has 0 aliphatic carbocycles. The minimum atomic E-state index is -0.712. The molecule has 0 aliphatic rings. The number of thiophene rings is 1. The van der Waals surface area contributed by atoms with Gasteiger partial charge in [-0.3, -0.25) is 14.6 Å². The van der Waals surface area contributed by atoms with Crippen LogP contribution in [0.1, 0.15) is 45.0 Å². The molecule has 8 nitrogen and oxygen atoms in total. The van der Waals surface area contributed by atoms with Gasteiger partial charge in [0.25, 0.3) is 11.8 Å². The van der Waals surface area contributed by atoms with Crippen molar-refractivity contribution >= 4 is 44.9 Å². The highest BCUT2D eigenvalue weighted by atomic mass is 32.1. The number of aryl methyl sites for hydroxylation is 1. The number of hydrogen-bond acceptors (Lipinski definition) is 7. The summed E-state index contributed by atoms with van der Waals surface area (Å²) in [6, 6.07) is 20.0. The molecular weight excluding hydrogens is 508 g/mol. The molecule has 2 aromatic carbocycles. The van der Waals surface area contributed by atoms with Gasteiger partial charge < -0.3 is 10.6 Å². The van der Waals surface area contributed by atoms with Crippen LogP contribution in [0.3, 0.4) is 0 Å². The molecule has 3 heterocycles. The van der Waals surface area contributed by atoms with Crippen molar-refractivity contribution in [3.63, 3.8) is 0 Å². The average Bonchev–Trinajstić information content (AvgIpc) is 3.39. The lowest BCUT2D eigenvalue weighted by Gasteiger charge is -2.16. The number of benzene rings is 2. The normalized spacial score (nSPS) is 11.1. The van der Waals surface area contributed by atoms with Gasteiger partial charge in [0.15, 0.2) is 0 Å². The Kier molecular flexibility index (Phi) is 6.88. The molecule has 2 N–H and O–H groups in total. The largest absolute Gasteiger partial charge is 0.322 e. The molecule has 0 aliphatic heterocycles. The van der Waals surface area contributed by atoms with E-state index in [0.717, 1.165) is 16.7 Å². The average molecular weight is 533 g/mol. The van der Waals surface area contributed by atoms with Crippen LogP contribution in [0.2, 0.25) is 0 Å². The lowest BCUT2D eigenvalue weighted by Crippen LogP contribution is -2.17. The van der Waals surface area contributed by atoms with Gasteiger partial charge in [0.1, 0.15) is 10.3 Å². The number of carbonyl (C=O) groups is 2. The Morgan fingerprint density at radius 2 is 1.77 bits per heavy atom. The summed E-state index contributed by atoms with van der Waals surface area (Å²) in [4.78, 5) is 40.4. The summed E-state index contributed by atoms with van der Waals surface area (Å²) < 4.78 is 0. The topological polar surface area (TPSA) is 121 Å². The van der Waals surface area contributed by atoms with E-state index in [2.05, 4.69) is 31.7 Å². The van der Waals surface area contributed by atoms with E-state index in [1.807, 2.05) is 45.0 Å². The molecule has 0 atom stereocenters. The molecule has 9 heteroatoms. The molecule has 0 saturated heterocycles. The lowest BCUT2D eigenvalue weighted by molar-refractivity contribution is 0.102. The Balaban J connectivity index is 1.33. The molecule has 5 aromatic rings. The third-order valence-electron chi connectivity index (χ3n) is 6.31. The van der Waals surface area contributed by atoms with E-state index in [0.29, 0.717) is 37.9 Å². The van der Waals surface area contributed by atoms with Gasteiger partial charge in [0.05, 0.1) is 28.3 Å². The maximum atomic E-state index is 13.1. The van der Waals surface area contributed by atoms with E-state index < -0.39 is 5.41 Å². The SMILES string of the molecule is Cc1ccc(NC(=O)c2cccc(C(C)(C)C#N)c2)cc1NC(=O)c1cc2nc(-c3ccncc3)cnc2s1. The predicted molar refractivity (Wildman–Crippen MR) is 153 cm³/mol. The lowest BCUT2D eigenvalue weighted by atomic mass is 9.85. The number of nitrogens with one attached hydrogen (secondary N) is 2. The minimum Gasteiger partial charge on any atom is -0.322 e.